The molecule has 1 amide bonds. The molecule has 6 nitrogen and oxygen atoms in total. The van der Waals surface area contributed by atoms with Gasteiger partial charge in [0, 0.05) is 38.4 Å². The highest BCUT2D eigenvalue weighted by atomic mass is 16.2. The molecule has 1 aromatic carbocycles. The van der Waals surface area contributed by atoms with E-state index in [1.807, 2.05) is 43.0 Å². The average molecular weight is 349 g/mol. The van der Waals surface area contributed by atoms with Crippen LogP contribution in [-0.2, 0) is 6.54 Å². The maximum atomic E-state index is 12.8. The highest BCUT2D eigenvalue weighted by molar-refractivity contribution is 5.92. The Morgan fingerprint density at radius 3 is 2.58 bits per heavy atom. The zero-order valence-corrected chi connectivity index (χ0v) is 15.3. The molecule has 1 aliphatic heterocycles. The van der Waals surface area contributed by atoms with Crippen LogP contribution in [0.1, 0.15) is 39.6 Å². The molecule has 26 heavy (non-hydrogen) atoms. The highest BCUT2D eigenvalue weighted by Crippen LogP contribution is 2.12. The van der Waals surface area contributed by atoms with Crippen molar-refractivity contribution in [1.82, 2.24) is 19.8 Å². The van der Waals surface area contributed by atoms with E-state index in [9.17, 15) is 4.79 Å². The topological polar surface area (TPSA) is 73.1 Å². The van der Waals surface area contributed by atoms with Gasteiger partial charge in [0.1, 0.15) is 11.5 Å². The Morgan fingerprint density at radius 1 is 1.12 bits per heavy atom. The Balaban J connectivity index is 1.62. The van der Waals surface area contributed by atoms with E-state index in [-0.39, 0.29) is 5.91 Å². The number of nitriles is 1. The van der Waals surface area contributed by atoms with E-state index in [0.29, 0.717) is 23.6 Å². The fourth-order valence-electron chi connectivity index (χ4n) is 3.26. The Morgan fingerprint density at radius 2 is 1.88 bits per heavy atom. The minimum Gasteiger partial charge on any atom is -0.336 e. The molecule has 1 fully saturated rings. The summed E-state index contributed by atoms with van der Waals surface area (Å²) in [6.07, 6.45) is 0.936. The number of hydrogen-bond acceptors (Lipinski definition) is 5. The molecular weight excluding hydrogens is 326 g/mol. The summed E-state index contributed by atoms with van der Waals surface area (Å²) in [6, 6.07) is 11.6. The molecule has 6 heteroatoms. The molecule has 0 saturated carbocycles. The molecular formula is C20H23N5O. The number of benzene rings is 1. The van der Waals surface area contributed by atoms with E-state index in [1.54, 1.807) is 6.07 Å². The molecule has 0 radical (unpaired) electrons. The van der Waals surface area contributed by atoms with Gasteiger partial charge in [-0.15, -0.1) is 0 Å². The SMILES string of the molecule is Cc1cc(C(=O)N2CCCN(Cc3ccc(C#N)cc3)CC2)nc(C)n1. The molecule has 2 heterocycles. The first-order valence-electron chi connectivity index (χ1n) is 8.88. The molecule has 0 atom stereocenters. The van der Waals surface area contributed by atoms with Gasteiger partial charge < -0.3 is 4.90 Å². The van der Waals surface area contributed by atoms with Crippen molar-refractivity contribution in [3.63, 3.8) is 0 Å². The summed E-state index contributed by atoms with van der Waals surface area (Å²) in [5.74, 6) is 0.615. The van der Waals surface area contributed by atoms with E-state index in [1.165, 1.54) is 5.56 Å². The molecule has 0 N–H and O–H groups in total. The second-order valence-electron chi connectivity index (χ2n) is 6.67. The van der Waals surface area contributed by atoms with Crippen molar-refractivity contribution in [2.24, 2.45) is 0 Å². The first kappa shape index (κ1) is 18.0. The van der Waals surface area contributed by atoms with Gasteiger partial charge in [0.05, 0.1) is 11.6 Å². The number of rotatable bonds is 3. The summed E-state index contributed by atoms with van der Waals surface area (Å²) in [5, 5.41) is 8.89. The maximum Gasteiger partial charge on any atom is 0.272 e. The lowest BCUT2D eigenvalue weighted by atomic mass is 10.1. The predicted molar refractivity (Wildman–Crippen MR) is 98.5 cm³/mol. The van der Waals surface area contributed by atoms with Gasteiger partial charge >= 0.3 is 0 Å². The van der Waals surface area contributed by atoms with Gasteiger partial charge in [-0.2, -0.15) is 5.26 Å². The van der Waals surface area contributed by atoms with Gasteiger partial charge in [-0.3, -0.25) is 9.69 Å². The second kappa shape index (κ2) is 8.07. The summed E-state index contributed by atoms with van der Waals surface area (Å²) in [4.78, 5) is 25.6. The van der Waals surface area contributed by atoms with E-state index in [2.05, 4.69) is 20.9 Å². The fraction of sp³-hybridized carbons (Fsp3) is 0.400. The van der Waals surface area contributed by atoms with Crippen LogP contribution in [0.4, 0.5) is 0 Å². The van der Waals surface area contributed by atoms with Crippen LogP contribution >= 0.6 is 0 Å². The Bertz CT molecular complexity index is 805. The van der Waals surface area contributed by atoms with Crippen molar-refractivity contribution in [3.8, 4) is 6.07 Å². The van der Waals surface area contributed by atoms with Crippen LogP contribution in [0.25, 0.3) is 0 Å². The van der Waals surface area contributed by atoms with Crippen molar-refractivity contribution in [1.29, 1.82) is 5.26 Å². The van der Waals surface area contributed by atoms with Gasteiger partial charge in [-0.1, -0.05) is 12.1 Å². The van der Waals surface area contributed by atoms with E-state index in [0.717, 1.165) is 38.3 Å². The largest absolute Gasteiger partial charge is 0.336 e. The normalized spacial score (nSPS) is 15.3. The van der Waals surface area contributed by atoms with Crippen molar-refractivity contribution >= 4 is 5.91 Å². The fourth-order valence-corrected chi connectivity index (χ4v) is 3.26. The maximum absolute atomic E-state index is 12.8. The first-order chi connectivity index (χ1) is 12.5. The third-order valence-corrected chi connectivity index (χ3v) is 4.55. The third kappa shape index (κ3) is 4.44. The van der Waals surface area contributed by atoms with Crippen molar-refractivity contribution in [3.05, 3.63) is 58.7 Å². The zero-order chi connectivity index (χ0) is 18.5. The van der Waals surface area contributed by atoms with Crippen LogP contribution in [0.2, 0.25) is 0 Å². The van der Waals surface area contributed by atoms with E-state index in [4.69, 9.17) is 5.26 Å². The number of nitrogens with zero attached hydrogens (tertiary/aromatic N) is 5. The number of aromatic nitrogens is 2. The minimum absolute atomic E-state index is 0.0150. The third-order valence-electron chi connectivity index (χ3n) is 4.55. The van der Waals surface area contributed by atoms with Crippen LogP contribution in [0.15, 0.2) is 30.3 Å². The molecule has 134 valence electrons. The second-order valence-corrected chi connectivity index (χ2v) is 6.67. The Hall–Kier alpha value is -2.78. The lowest BCUT2D eigenvalue weighted by molar-refractivity contribution is 0.0754. The van der Waals surface area contributed by atoms with Crippen LogP contribution in [0.3, 0.4) is 0 Å². The van der Waals surface area contributed by atoms with Crippen LogP contribution in [0.5, 0.6) is 0 Å². The van der Waals surface area contributed by atoms with Crippen LogP contribution in [-0.4, -0.2) is 51.9 Å². The standard InChI is InChI=1S/C20H23N5O/c1-15-12-19(23-16(2)22-15)20(26)25-9-3-8-24(10-11-25)14-18-6-4-17(13-21)5-7-18/h4-7,12H,3,8-11,14H2,1-2H3. The smallest absolute Gasteiger partial charge is 0.272 e. The number of carbonyl (C=O) groups is 1. The number of hydrogen-bond donors (Lipinski definition) is 0. The van der Waals surface area contributed by atoms with Gasteiger partial charge in [0.15, 0.2) is 0 Å². The Kier molecular flexibility index (Phi) is 5.59. The lowest BCUT2D eigenvalue weighted by Gasteiger charge is -2.22. The lowest BCUT2D eigenvalue weighted by Crippen LogP contribution is -2.35. The average Bonchev–Trinajstić information content (AvgIpc) is 2.86. The van der Waals surface area contributed by atoms with Crippen molar-refractivity contribution in [2.75, 3.05) is 26.2 Å². The molecule has 1 aromatic heterocycles. The van der Waals surface area contributed by atoms with Gasteiger partial charge in [-0.25, -0.2) is 9.97 Å². The Labute approximate surface area is 154 Å². The predicted octanol–water partition coefficient (Wildman–Crippen LogP) is 2.31. The quantitative estimate of drug-likeness (QED) is 0.850. The minimum atomic E-state index is -0.0150. The molecule has 1 saturated heterocycles. The molecule has 0 bridgehead atoms. The van der Waals surface area contributed by atoms with Crippen molar-refractivity contribution in [2.45, 2.75) is 26.8 Å². The van der Waals surface area contributed by atoms with Crippen LogP contribution < -0.4 is 0 Å². The summed E-state index contributed by atoms with van der Waals surface area (Å²) in [5.41, 5.74) is 3.16. The van der Waals surface area contributed by atoms with Gasteiger partial charge in [0.25, 0.3) is 5.91 Å². The number of amides is 1. The molecule has 3 rings (SSSR count). The van der Waals surface area contributed by atoms with E-state index < -0.39 is 0 Å². The number of carbonyl (C=O) groups excluding carboxylic acids is 1. The summed E-state index contributed by atoms with van der Waals surface area (Å²) < 4.78 is 0. The zero-order valence-electron chi connectivity index (χ0n) is 15.3. The number of aryl methyl sites for hydroxylation is 2. The summed E-state index contributed by atoms with van der Waals surface area (Å²) in [7, 11) is 0. The highest BCUT2D eigenvalue weighted by Gasteiger charge is 2.21. The van der Waals surface area contributed by atoms with Crippen LogP contribution in [0, 0.1) is 25.2 Å². The molecule has 0 unspecified atom stereocenters. The monoisotopic (exact) mass is 349 g/mol. The van der Waals surface area contributed by atoms with Gasteiger partial charge in [0.2, 0.25) is 0 Å². The van der Waals surface area contributed by atoms with Crippen molar-refractivity contribution < 1.29 is 4.79 Å². The molecule has 0 aliphatic carbocycles. The molecule has 0 spiro atoms. The molecule has 2 aromatic rings. The summed E-state index contributed by atoms with van der Waals surface area (Å²) in [6.45, 7) is 7.74. The molecule has 1 aliphatic rings. The first-order valence-corrected chi connectivity index (χ1v) is 8.88. The van der Waals surface area contributed by atoms with Gasteiger partial charge in [-0.05, 0) is 44.0 Å². The van der Waals surface area contributed by atoms with E-state index >= 15 is 0 Å². The summed E-state index contributed by atoms with van der Waals surface area (Å²) >= 11 is 0.